The number of nitrogen functional groups attached to an aromatic ring is 1. The highest BCUT2D eigenvalue weighted by Crippen LogP contribution is 2.11. The molecular weight excluding hydrogens is 238 g/mol. The predicted octanol–water partition coefficient (Wildman–Crippen LogP) is 0.318. The molecule has 0 aromatic carbocycles. The third kappa shape index (κ3) is 3.04. The Labute approximate surface area is 102 Å². The van der Waals surface area contributed by atoms with Crippen LogP contribution in [0, 0.1) is 0 Å². The van der Waals surface area contributed by atoms with Crippen LogP contribution in [0.15, 0.2) is 17.6 Å². The number of nitrogens with zero attached hydrogens (tertiary/aromatic N) is 3. The highest BCUT2D eigenvalue weighted by atomic mass is 32.1. The molecule has 1 amide bonds. The molecule has 17 heavy (non-hydrogen) atoms. The SMILES string of the molecule is Cn1nccc1CNC(=O)Cc1csc(N)n1. The summed E-state index contributed by atoms with van der Waals surface area (Å²) in [5.74, 6) is -0.0727. The van der Waals surface area contributed by atoms with E-state index in [1.807, 2.05) is 13.1 Å². The van der Waals surface area contributed by atoms with Crippen LogP contribution in [0.2, 0.25) is 0 Å². The summed E-state index contributed by atoms with van der Waals surface area (Å²) in [6.07, 6.45) is 1.95. The molecule has 0 aliphatic rings. The number of nitrogens with one attached hydrogen (secondary N) is 1. The molecule has 2 aromatic rings. The Kier molecular flexibility index (Phi) is 3.38. The first-order chi connectivity index (χ1) is 8.15. The van der Waals surface area contributed by atoms with E-state index in [0.29, 0.717) is 17.4 Å². The maximum atomic E-state index is 11.6. The molecule has 0 saturated heterocycles. The molecule has 0 saturated carbocycles. The van der Waals surface area contributed by atoms with Crippen LogP contribution in [0.3, 0.4) is 0 Å². The van der Waals surface area contributed by atoms with Crippen LogP contribution in [0.5, 0.6) is 0 Å². The number of thiazole rings is 1. The molecule has 0 radical (unpaired) electrons. The average molecular weight is 251 g/mol. The Morgan fingerprint density at radius 3 is 3.06 bits per heavy atom. The number of rotatable bonds is 4. The van der Waals surface area contributed by atoms with E-state index in [0.717, 1.165) is 5.69 Å². The summed E-state index contributed by atoms with van der Waals surface area (Å²) in [6, 6.07) is 1.86. The molecule has 7 heteroatoms. The van der Waals surface area contributed by atoms with Crippen LogP contribution >= 0.6 is 11.3 Å². The van der Waals surface area contributed by atoms with Gasteiger partial charge < -0.3 is 11.1 Å². The summed E-state index contributed by atoms with van der Waals surface area (Å²) in [5, 5.41) is 9.10. The number of nitrogens with two attached hydrogens (primary N) is 1. The normalized spacial score (nSPS) is 10.4. The van der Waals surface area contributed by atoms with E-state index in [4.69, 9.17) is 5.73 Å². The number of aromatic nitrogens is 3. The summed E-state index contributed by atoms with van der Waals surface area (Å²) in [4.78, 5) is 15.6. The van der Waals surface area contributed by atoms with Crippen molar-refractivity contribution in [2.24, 2.45) is 7.05 Å². The monoisotopic (exact) mass is 251 g/mol. The topological polar surface area (TPSA) is 85.8 Å². The highest BCUT2D eigenvalue weighted by molar-refractivity contribution is 7.13. The van der Waals surface area contributed by atoms with Crippen molar-refractivity contribution in [1.82, 2.24) is 20.1 Å². The molecule has 0 fully saturated rings. The van der Waals surface area contributed by atoms with E-state index in [2.05, 4.69) is 15.4 Å². The molecule has 2 heterocycles. The van der Waals surface area contributed by atoms with Crippen LogP contribution in [0.25, 0.3) is 0 Å². The first-order valence-corrected chi connectivity index (χ1v) is 5.96. The first-order valence-electron chi connectivity index (χ1n) is 5.08. The zero-order chi connectivity index (χ0) is 12.3. The fraction of sp³-hybridized carbons (Fsp3) is 0.300. The van der Waals surface area contributed by atoms with Gasteiger partial charge in [0, 0.05) is 18.6 Å². The number of aryl methyl sites for hydroxylation is 1. The van der Waals surface area contributed by atoms with Gasteiger partial charge in [-0.3, -0.25) is 9.48 Å². The number of carbonyl (C=O) groups excluding carboxylic acids is 1. The Balaban J connectivity index is 1.84. The van der Waals surface area contributed by atoms with Gasteiger partial charge in [-0.15, -0.1) is 11.3 Å². The van der Waals surface area contributed by atoms with Crippen molar-refractivity contribution in [1.29, 1.82) is 0 Å². The van der Waals surface area contributed by atoms with E-state index < -0.39 is 0 Å². The molecule has 3 N–H and O–H groups in total. The number of amides is 1. The molecule has 2 rings (SSSR count). The smallest absolute Gasteiger partial charge is 0.226 e. The summed E-state index contributed by atoms with van der Waals surface area (Å²) in [5.41, 5.74) is 7.15. The summed E-state index contributed by atoms with van der Waals surface area (Å²) in [7, 11) is 1.84. The van der Waals surface area contributed by atoms with E-state index in [1.165, 1.54) is 11.3 Å². The molecule has 90 valence electrons. The van der Waals surface area contributed by atoms with Crippen molar-refractivity contribution in [3.8, 4) is 0 Å². The van der Waals surface area contributed by atoms with Crippen molar-refractivity contribution in [2.45, 2.75) is 13.0 Å². The van der Waals surface area contributed by atoms with Crippen molar-refractivity contribution in [3.63, 3.8) is 0 Å². The van der Waals surface area contributed by atoms with Gasteiger partial charge in [0.2, 0.25) is 5.91 Å². The molecule has 6 nitrogen and oxygen atoms in total. The average Bonchev–Trinajstić information content (AvgIpc) is 2.85. The lowest BCUT2D eigenvalue weighted by Gasteiger charge is -2.04. The molecule has 0 unspecified atom stereocenters. The second-order valence-corrected chi connectivity index (χ2v) is 4.47. The van der Waals surface area contributed by atoms with Crippen molar-refractivity contribution >= 4 is 22.4 Å². The fourth-order valence-corrected chi connectivity index (χ4v) is 1.96. The number of carbonyl (C=O) groups is 1. The summed E-state index contributed by atoms with van der Waals surface area (Å²) in [6.45, 7) is 0.467. The molecule has 0 bridgehead atoms. The van der Waals surface area contributed by atoms with E-state index in [1.54, 1.807) is 16.3 Å². The Bertz CT molecular complexity index is 518. The first kappa shape index (κ1) is 11.6. The highest BCUT2D eigenvalue weighted by Gasteiger charge is 2.07. The van der Waals surface area contributed by atoms with Gasteiger partial charge in [-0.05, 0) is 6.07 Å². The standard InChI is InChI=1S/C10H13N5OS/c1-15-8(2-3-13-15)5-12-9(16)4-7-6-17-10(11)14-7/h2-3,6H,4-5H2,1H3,(H2,11,14)(H,12,16). The van der Waals surface area contributed by atoms with Gasteiger partial charge in [-0.1, -0.05) is 0 Å². The summed E-state index contributed by atoms with van der Waals surface area (Å²) >= 11 is 1.34. The van der Waals surface area contributed by atoms with E-state index >= 15 is 0 Å². The summed E-state index contributed by atoms with van der Waals surface area (Å²) < 4.78 is 1.72. The quantitative estimate of drug-likeness (QED) is 0.819. The van der Waals surface area contributed by atoms with Crippen LogP contribution in [-0.4, -0.2) is 20.7 Å². The van der Waals surface area contributed by atoms with Crippen LogP contribution < -0.4 is 11.1 Å². The third-order valence-corrected chi connectivity index (χ3v) is 3.02. The third-order valence-electron chi connectivity index (χ3n) is 2.30. The second kappa shape index (κ2) is 4.96. The largest absolute Gasteiger partial charge is 0.375 e. The lowest BCUT2D eigenvalue weighted by atomic mass is 10.3. The zero-order valence-electron chi connectivity index (χ0n) is 9.38. The minimum absolute atomic E-state index is 0.0727. The lowest BCUT2D eigenvalue weighted by molar-refractivity contribution is -0.120. The number of anilines is 1. The fourth-order valence-electron chi connectivity index (χ4n) is 1.39. The van der Waals surface area contributed by atoms with Crippen LogP contribution in [0.4, 0.5) is 5.13 Å². The molecule has 0 aliphatic carbocycles. The lowest BCUT2D eigenvalue weighted by Crippen LogP contribution is -2.25. The minimum atomic E-state index is -0.0727. The number of hydrogen-bond donors (Lipinski definition) is 2. The number of hydrogen-bond acceptors (Lipinski definition) is 5. The van der Waals surface area contributed by atoms with Gasteiger partial charge in [-0.2, -0.15) is 5.10 Å². The van der Waals surface area contributed by atoms with Crippen molar-refractivity contribution in [2.75, 3.05) is 5.73 Å². The molecule has 2 aromatic heterocycles. The van der Waals surface area contributed by atoms with E-state index in [-0.39, 0.29) is 12.3 Å². The minimum Gasteiger partial charge on any atom is -0.375 e. The maximum Gasteiger partial charge on any atom is 0.226 e. The van der Waals surface area contributed by atoms with Gasteiger partial charge in [0.05, 0.1) is 24.4 Å². The van der Waals surface area contributed by atoms with Crippen LogP contribution in [-0.2, 0) is 24.8 Å². The Morgan fingerprint density at radius 2 is 2.47 bits per heavy atom. The zero-order valence-corrected chi connectivity index (χ0v) is 10.2. The van der Waals surface area contributed by atoms with E-state index in [9.17, 15) is 4.79 Å². The van der Waals surface area contributed by atoms with Gasteiger partial charge in [0.15, 0.2) is 5.13 Å². The Hall–Kier alpha value is -1.89. The molecule has 0 spiro atoms. The van der Waals surface area contributed by atoms with Crippen molar-refractivity contribution in [3.05, 3.63) is 29.0 Å². The Morgan fingerprint density at radius 1 is 1.65 bits per heavy atom. The van der Waals surface area contributed by atoms with Gasteiger partial charge in [0.1, 0.15) is 0 Å². The van der Waals surface area contributed by atoms with Gasteiger partial charge >= 0.3 is 0 Å². The molecular formula is C10H13N5OS. The maximum absolute atomic E-state index is 11.6. The predicted molar refractivity (Wildman–Crippen MR) is 65.3 cm³/mol. The van der Waals surface area contributed by atoms with Crippen molar-refractivity contribution < 1.29 is 4.79 Å². The molecule has 0 atom stereocenters. The van der Waals surface area contributed by atoms with Crippen LogP contribution in [0.1, 0.15) is 11.4 Å². The molecule has 0 aliphatic heterocycles. The van der Waals surface area contributed by atoms with Gasteiger partial charge in [-0.25, -0.2) is 4.98 Å². The van der Waals surface area contributed by atoms with Gasteiger partial charge in [0.25, 0.3) is 0 Å². The second-order valence-electron chi connectivity index (χ2n) is 3.58.